The van der Waals surface area contributed by atoms with E-state index in [1.807, 2.05) is 24.3 Å². The van der Waals surface area contributed by atoms with Crippen LogP contribution in [0.15, 0.2) is 68.2 Å². The van der Waals surface area contributed by atoms with E-state index in [1.54, 1.807) is 30.8 Å². The number of nitrogens with zero attached hydrogens (tertiary/aromatic N) is 3. The fourth-order valence-corrected chi connectivity index (χ4v) is 4.09. The summed E-state index contributed by atoms with van der Waals surface area (Å²) in [5.41, 5.74) is 6.00. The Morgan fingerprint density at radius 3 is 2.69 bits per heavy atom. The quantitative estimate of drug-likeness (QED) is 0.226. The largest absolute Gasteiger partial charge is 0.493 e. The predicted molar refractivity (Wildman–Crippen MR) is 131 cm³/mol. The first-order chi connectivity index (χ1) is 15.6. The molecular weight excluding hydrogens is 424 g/mol. The second-order valence-electron chi connectivity index (χ2n) is 7.00. The molecule has 0 fully saturated rings. The number of fused-ring (bicyclic) bond motifs is 1. The van der Waals surface area contributed by atoms with Gasteiger partial charge in [0, 0.05) is 29.5 Å². The zero-order chi connectivity index (χ0) is 22.5. The third kappa shape index (κ3) is 4.50. The smallest absolute Gasteiger partial charge is 0.345 e. The number of aromatic nitrogens is 1. The lowest BCUT2D eigenvalue weighted by molar-refractivity contribution is 0.407. The van der Waals surface area contributed by atoms with Crippen molar-refractivity contribution in [2.75, 3.05) is 30.5 Å². The van der Waals surface area contributed by atoms with Gasteiger partial charge in [0.05, 0.1) is 24.6 Å². The average molecular weight is 449 g/mol. The van der Waals surface area contributed by atoms with E-state index in [4.69, 9.17) is 9.15 Å². The normalized spacial score (nSPS) is 11.2. The van der Waals surface area contributed by atoms with Crippen molar-refractivity contribution in [1.29, 1.82) is 0 Å². The zero-order valence-electron chi connectivity index (χ0n) is 18.2. The summed E-state index contributed by atoms with van der Waals surface area (Å²) in [5.74, 6) is 0.520. The molecule has 164 valence electrons. The van der Waals surface area contributed by atoms with Gasteiger partial charge in [0.25, 0.3) is 0 Å². The van der Waals surface area contributed by atoms with Gasteiger partial charge >= 0.3 is 5.63 Å². The van der Waals surface area contributed by atoms with E-state index in [9.17, 15) is 4.79 Å². The molecule has 2 heterocycles. The number of methoxy groups -OCH3 is 1. The van der Waals surface area contributed by atoms with Crippen LogP contribution in [0.5, 0.6) is 5.75 Å². The summed E-state index contributed by atoms with van der Waals surface area (Å²) in [6.07, 6.45) is 1.74. The molecule has 0 spiro atoms. The molecular formula is C24H24N4O3S. The number of ether oxygens (including phenoxy) is 1. The number of anilines is 2. The van der Waals surface area contributed by atoms with Crippen LogP contribution in [0.3, 0.4) is 0 Å². The minimum absolute atomic E-state index is 0.394. The van der Waals surface area contributed by atoms with Crippen LogP contribution in [0.2, 0.25) is 0 Å². The van der Waals surface area contributed by atoms with Crippen molar-refractivity contribution >= 4 is 39.3 Å². The van der Waals surface area contributed by atoms with E-state index in [0.29, 0.717) is 27.7 Å². The van der Waals surface area contributed by atoms with Crippen LogP contribution in [0.4, 0.5) is 10.8 Å². The van der Waals surface area contributed by atoms with Gasteiger partial charge in [0.1, 0.15) is 0 Å². The highest BCUT2D eigenvalue weighted by Crippen LogP contribution is 2.29. The van der Waals surface area contributed by atoms with E-state index >= 15 is 0 Å². The molecule has 0 bridgehead atoms. The molecule has 0 saturated carbocycles. The summed E-state index contributed by atoms with van der Waals surface area (Å²) in [6, 6.07) is 15.5. The molecule has 4 aromatic rings. The van der Waals surface area contributed by atoms with Crippen LogP contribution in [0.1, 0.15) is 19.4 Å². The second-order valence-corrected chi connectivity index (χ2v) is 7.86. The van der Waals surface area contributed by atoms with Crippen molar-refractivity contribution in [3.63, 3.8) is 0 Å². The van der Waals surface area contributed by atoms with E-state index in [0.717, 1.165) is 24.0 Å². The van der Waals surface area contributed by atoms with Gasteiger partial charge in [-0.1, -0.05) is 24.3 Å². The Balaban J connectivity index is 1.49. The van der Waals surface area contributed by atoms with Gasteiger partial charge in [-0.3, -0.25) is 5.43 Å². The molecule has 8 heteroatoms. The lowest BCUT2D eigenvalue weighted by atomic mass is 10.1. The van der Waals surface area contributed by atoms with Gasteiger partial charge in [0.15, 0.2) is 11.3 Å². The Hall–Kier alpha value is -3.65. The van der Waals surface area contributed by atoms with Crippen LogP contribution >= 0.6 is 11.3 Å². The molecule has 32 heavy (non-hydrogen) atoms. The van der Waals surface area contributed by atoms with Gasteiger partial charge in [-0.05, 0) is 43.7 Å². The van der Waals surface area contributed by atoms with Gasteiger partial charge < -0.3 is 14.1 Å². The van der Waals surface area contributed by atoms with E-state index in [1.165, 1.54) is 17.0 Å². The Morgan fingerprint density at radius 1 is 1.19 bits per heavy atom. The van der Waals surface area contributed by atoms with Crippen LogP contribution in [-0.4, -0.2) is 31.4 Å². The first-order valence-corrected chi connectivity index (χ1v) is 11.2. The van der Waals surface area contributed by atoms with E-state index in [2.05, 4.69) is 46.4 Å². The molecule has 7 nitrogen and oxygen atoms in total. The van der Waals surface area contributed by atoms with Crippen LogP contribution in [0.25, 0.3) is 22.2 Å². The fourth-order valence-electron chi connectivity index (χ4n) is 3.43. The molecule has 0 unspecified atom stereocenters. The maximum atomic E-state index is 12.5. The summed E-state index contributed by atoms with van der Waals surface area (Å²) in [4.78, 5) is 19.3. The SMILES string of the molecule is CCN(CC)c1ccc(C=NNc2nc(-c3cc4cccc(OC)c4oc3=O)cs2)cc1. The Morgan fingerprint density at radius 2 is 1.97 bits per heavy atom. The molecule has 0 amide bonds. The highest BCUT2D eigenvalue weighted by Gasteiger charge is 2.13. The average Bonchev–Trinajstić information content (AvgIpc) is 3.28. The van der Waals surface area contributed by atoms with Crippen molar-refractivity contribution in [2.45, 2.75) is 13.8 Å². The summed E-state index contributed by atoms with van der Waals surface area (Å²) < 4.78 is 10.8. The minimum Gasteiger partial charge on any atom is -0.493 e. The predicted octanol–water partition coefficient (Wildman–Crippen LogP) is 5.22. The number of hydrogen-bond acceptors (Lipinski definition) is 8. The second kappa shape index (κ2) is 9.65. The summed E-state index contributed by atoms with van der Waals surface area (Å²) >= 11 is 1.37. The van der Waals surface area contributed by atoms with Gasteiger partial charge in [-0.2, -0.15) is 5.10 Å². The summed E-state index contributed by atoms with van der Waals surface area (Å²) in [6.45, 7) is 6.23. The molecule has 1 N–H and O–H groups in total. The Labute approximate surface area is 190 Å². The summed E-state index contributed by atoms with van der Waals surface area (Å²) in [7, 11) is 1.54. The standard InChI is InChI=1S/C24H24N4O3S/c1-4-28(5-2)18-11-9-16(10-12-18)14-25-27-24-26-20(15-32-24)19-13-17-7-6-8-21(30-3)22(17)31-23(19)29/h6-15H,4-5H2,1-3H3,(H,26,27). The van der Waals surface area contributed by atoms with Crippen molar-refractivity contribution in [1.82, 2.24) is 4.98 Å². The molecule has 0 aliphatic rings. The molecule has 2 aromatic heterocycles. The van der Waals surface area contributed by atoms with Gasteiger partial charge in [-0.25, -0.2) is 9.78 Å². The molecule has 0 atom stereocenters. The lowest BCUT2D eigenvalue weighted by Crippen LogP contribution is -2.21. The first-order valence-electron chi connectivity index (χ1n) is 10.3. The van der Waals surface area contributed by atoms with Crippen LogP contribution in [0, 0.1) is 0 Å². The summed E-state index contributed by atoms with van der Waals surface area (Å²) in [5, 5.41) is 7.43. The Bertz CT molecular complexity index is 1290. The van der Waals surface area contributed by atoms with Crippen molar-refractivity contribution in [2.24, 2.45) is 5.10 Å². The monoisotopic (exact) mass is 448 g/mol. The number of rotatable bonds is 8. The van der Waals surface area contributed by atoms with Crippen molar-refractivity contribution in [3.05, 3.63) is 69.9 Å². The minimum atomic E-state index is -0.462. The molecule has 0 aliphatic heterocycles. The number of thiazole rings is 1. The molecule has 0 saturated heterocycles. The van der Waals surface area contributed by atoms with E-state index < -0.39 is 5.63 Å². The van der Waals surface area contributed by atoms with Gasteiger partial charge in [-0.15, -0.1) is 11.3 Å². The van der Waals surface area contributed by atoms with Gasteiger partial charge in [0.2, 0.25) is 5.13 Å². The molecule has 2 aromatic carbocycles. The first kappa shape index (κ1) is 21.6. The highest BCUT2D eigenvalue weighted by atomic mass is 32.1. The number of para-hydroxylation sites is 1. The molecule has 4 rings (SSSR count). The third-order valence-electron chi connectivity index (χ3n) is 5.12. The third-order valence-corrected chi connectivity index (χ3v) is 5.87. The Kier molecular flexibility index (Phi) is 6.51. The molecule has 0 radical (unpaired) electrons. The number of benzene rings is 2. The van der Waals surface area contributed by atoms with Crippen LogP contribution in [-0.2, 0) is 0 Å². The fraction of sp³-hybridized carbons (Fsp3) is 0.208. The topological polar surface area (TPSA) is 80.0 Å². The maximum Gasteiger partial charge on any atom is 0.345 e. The lowest BCUT2D eigenvalue weighted by Gasteiger charge is -2.20. The van der Waals surface area contributed by atoms with Crippen molar-refractivity contribution < 1.29 is 9.15 Å². The zero-order valence-corrected chi connectivity index (χ0v) is 19.0. The van der Waals surface area contributed by atoms with Crippen LogP contribution < -0.4 is 20.7 Å². The number of nitrogens with one attached hydrogen (secondary N) is 1. The maximum absolute atomic E-state index is 12.5. The molecule has 0 aliphatic carbocycles. The number of hydrogen-bond donors (Lipinski definition) is 1. The van der Waals surface area contributed by atoms with E-state index in [-0.39, 0.29) is 0 Å². The van der Waals surface area contributed by atoms with Crippen molar-refractivity contribution in [3.8, 4) is 17.0 Å². The number of hydrazone groups is 1. The highest BCUT2D eigenvalue weighted by molar-refractivity contribution is 7.14.